The molecule has 0 aromatic heterocycles. The molecule has 0 heterocycles. The lowest BCUT2D eigenvalue weighted by Gasteiger charge is -2.36. The van der Waals surface area contributed by atoms with Gasteiger partial charge in [-0.3, -0.25) is 4.79 Å². The van der Waals surface area contributed by atoms with Crippen molar-refractivity contribution in [3.63, 3.8) is 0 Å². The molecule has 0 saturated heterocycles. The van der Waals surface area contributed by atoms with E-state index >= 15 is 0 Å². The maximum Gasteiger partial charge on any atom is 0.159 e. The molecule has 3 rings (SSSR count). The van der Waals surface area contributed by atoms with Crippen LogP contribution < -0.4 is 0 Å². The van der Waals surface area contributed by atoms with E-state index in [2.05, 4.69) is 20.8 Å². The predicted molar refractivity (Wildman–Crippen MR) is 66.4 cm³/mol. The van der Waals surface area contributed by atoms with Gasteiger partial charge in [0.05, 0.1) is 5.60 Å². The van der Waals surface area contributed by atoms with Crippen LogP contribution >= 0.6 is 0 Å². The van der Waals surface area contributed by atoms with Gasteiger partial charge in [0.2, 0.25) is 0 Å². The Labute approximate surface area is 103 Å². The van der Waals surface area contributed by atoms with Gasteiger partial charge >= 0.3 is 0 Å². The summed E-state index contributed by atoms with van der Waals surface area (Å²) in [4.78, 5) is 11.9. The van der Waals surface area contributed by atoms with Crippen LogP contribution in [0, 0.1) is 22.7 Å². The van der Waals surface area contributed by atoms with Gasteiger partial charge in [0.25, 0.3) is 0 Å². The lowest BCUT2D eigenvalue weighted by Crippen LogP contribution is -2.38. The molecule has 0 radical (unpaired) electrons. The first-order valence-corrected chi connectivity index (χ1v) is 6.66. The lowest BCUT2D eigenvalue weighted by molar-refractivity contribution is -0.120. The van der Waals surface area contributed by atoms with E-state index in [1.54, 1.807) is 0 Å². The summed E-state index contributed by atoms with van der Waals surface area (Å²) in [5.41, 5.74) is 0.774. The molecule has 0 unspecified atom stereocenters. The number of fused-ring (bicyclic) bond motifs is 3. The molecule has 0 aliphatic heterocycles. The second kappa shape index (κ2) is 2.85. The SMILES string of the molecule is C[C@H]1C(=O)C=C2C[C@@]3(O)CC(C)(C)C[C@H]3[C@@]21C. The normalized spacial score (nSPS) is 51.4. The van der Waals surface area contributed by atoms with E-state index in [4.69, 9.17) is 0 Å². The highest BCUT2D eigenvalue weighted by atomic mass is 16.3. The summed E-state index contributed by atoms with van der Waals surface area (Å²) in [6, 6.07) is 0. The Morgan fingerprint density at radius 2 is 2.00 bits per heavy atom. The van der Waals surface area contributed by atoms with Gasteiger partial charge in [-0.1, -0.05) is 33.3 Å². The molecule has 0 amide bonds. The van der Waals surface area contributed by atoms with E-state index < -0.39 is 5.60 Å². The molecule has 2 fully saturated rings. The summed E-state index contributed by atoms with van der Waals surface area (Å²) in [5.74, 6) is 0.567. The maximum absolute atomic E-state index is 11.9. The molecule has 2 heteroatoms. The average Bonchev–Trinajstić information content (AvgIpc) is 2.61. The Kier molecular flexibility index (Phi) is 1.92. The van der Waals surface area contributed by atoms with Gasteiger partial charge in [0.1, 0.15) is 0 Å². The van der Waals surface area contributed by atoms with Crippen molar-refractivity contribution in [1.29, 1.82) is 0 Å². The van der Waals surface area contributed by atoms with E-state index in [1.807, 2.05) is 13.0 Å². The Morgan fingerprint density at radius 3 is 2.65 bits per heavy atom. The Hall–Kier alpha value is -0.630. The number of carbonyl (C=O) groups excluding carboxylic acids is 1. The molecule has 2 nitrogen and oxygen atoms in total. The molecule has 3 aliphatic carbocycles. The summed E-state index contributed by atoms with van der Waals surface area (Å²) in [5, 5.41) is 10.9. The number of ketones is 1. The van der Waals surface area contributed by atoms with E-state index in [9.17, 15) is 9.90 Å². The van der Waals surface area contributed by atoms with Gasteiger partial charge in [-0.15, -0.1) is 0 Å². The van der Waals surface area contributed by atoms with E-state index in [1.165, 1.54) is 5.57 Å². The fourth-order valence-electron chi connectivity index (χ4n) is 4.85. The third kappa shape index (κ3) is 1.22. The minimum atomic E-state index is -0.557. The zero-order valence-corrected chi connectivity index (χ0v) is 11.2. The van der Waals surface area contributed by atoms with Gasteiger partial charge in [-0.05, 0) is 36.7 Å². The topological polar surface area (TPSA) is 37.3 Å². The fourth-order valence-corrected chi connectivity index (χ4v) is 4.85. The molecular weight excluding hydrogens is 212 g/mol. The Bertz CT molecular complexity index is 434. The molecule has 0 aromatic carbocycles. The molecular formula is C15H22O2. The van der Waals surface area contributed by atoms with Crippen molar-refractivity contribution < 1.29 is 9.90 Å². The minimum Gasteiger partial charge on any atom is -0.389 e. The highest BCUT2D eigenvalue weighted by molar-refractivity contribution is 5.96. The van der Waals surface area contributed by atoms with E-state index in [0.29, 0.717) is 6.42 Å². The van der Waals surface area contributed by atoms with Gasteiger partial charge < -0.3 is 5.11 Å². The molecule has 3 aliphatic rings. The third-order valence-electron chi connectivity index (χ3n) is 5.75. The van der Waals surface area contributed by atoms with Crippen LogP contribution in [0.5, 0.6) is 0 Å². The summed E-state index contributed by atoms with van der Waals surface area (Å²) < 4.78 is 0. The smallest absolute Gasteiger partial charge is 0.159 e. The van der Waals surface area contributed by atoms with Gasteiger partial charge in [-0.25, -0.2) is 0 Å². The highest BCUT2D eigenvalue weighted by Gasteiger charge is 2.66. The minimum absolute atomic E-state index is 0.0467. The van der Waals surface area contributed by atoms with Gasteiger partial charge in [-0.2, -0.15) is 0 Å². The summed E-state index contributed by atoms with van der Waals surface area (Å²) in [6.07, 6.45) is 4.44. The molecule has 4 atom stereocenters. The van der Waals surface area contributed by atoms with Crippen LogP contribution in [0.1, 0.15) is 47.0 Å². The summed E-state index contributed by atoms with van der Waals surface area (Å²) in [6.45, 7) is 8.69. The van der Waals surface area contributed by atoms with Gasteiger partial charge in [0, 0.05) is 11.3 Å². The van der Waals surface area contributed by atoms with Crippen molar-refractivity contribution in [2.75, 3.05) is 0 Å². The quantitative estimate of drug-likeness (QED) is 0.699. The fraction of sp³-hybridized carbons (Fsp3) is 0.800. The summed E-state index contributed by atoms with van der Waals surface area (Å²) >= 11 is 0. The van der Waals surface area contributed by atoms with Crippen LogP contribution in [0.3, 0.4) is 0 Å². The van der Waals surface area contributed by atoms with Crippen LogP contribution in [0.25, 0.3) is 0 Å². The maximum atomic E-state index is 11.9. The monoisotopic (exact) mass is 234 g/mol. The molecule has 1 N–H and O–H groups in total. The second-order valence-corrected chi connectivity index (χ2v) is 7.45. The lowest BCUT2D eigenvalue weighted by atomic mass is 9.68. The van der Waals surface area contributed by atoms with E-state index in [-0.39, 0.29) is 28.4 Å². The predicted octanol–water partition coefficient (Wildman–Crippen LogP) is 2.71. The molecule has 94 valence electrons. The van der Waals surface area contributed by atoms with Crippen molar-refractivity contribution in [3.8, 4) is 0 Å². The first-order valence-electron chi connectivity index (χ1n) is 6.66. The zero-order chi connectivity index (χ0) is 12.6. The Morgan fingerprint density at radius 1 is 1.35 bits per heavy atom. The van der Waals surface area contributed by atoms with Crippen LogP contribution in [0.2, 0.25) is 0 Å². The largest absolute Gasteiger partial charge is 0.389 e. The number of aliphatic hydroxyl groups is 1. The Balaban J connectivity index is 2.08. The zero-order valence-electron chi connectivity index (χ0n) is 11.2. The van der Waals surface area contributed by atoms with Crippen LogP contribution in [0.15, 0.2) is 11.6 Å². The van der Waals surface area contributed by atoms with Gasteiger partial charge in [0.15, 0.2) is 5.78 Å². The van der Waals surface area contributed by atoms with Crippen molar-refractivity contribution in [1.82, 2.24) is 0 Å². The summed E-state index contributed by atoms with van der Waals surface area (Å²) in [7, 11) is 0. The molecule has 0 bridgehead atoms. The average molecular weight is 234 g/mol. The number of allylic oxidation sites excluding steroid dienone is 1. The highest BCUT2D eigenvalue weighted by Crippen LogP contribution is 2.68. The number of hydrogen-bond donors (Lipinski definition) is 1. The number of hydrogen-bond acceptors (Lipinski definition) is 2. The first-order chi connectivity index (χ1) is 7.69. The van der Waals surface area contributed by atoms with Crippen LogP contribution in [-0.4, -0.2) is 16.5 Å². The van der Waals surface area contributed by atoms with Crippen molar-refractivity contribution in [2.24, 2.45) is 22.7 Å². The standard InChI is InChI=1S/C15H22O2/c1-9-11(16)5-10-6-15(17)8-13(2,3)7-12(15)14(9,10)4/h5,9,12,17H,6-8H2,1-4H3/t9-,12-,14+,15+/m0/s1. The molecule has 2 saturated carbocycles. The number of rotatable bonds is 0. The van der Waals surface area contributed by atoms with Crippen molar-refractivity contribution in [3.05, 3.63) is 11.6 Å². The second-order valence-electron chi connectivity index (χ2n) is 7.45. The number of carbonyl (C=O) groups is 1. The van der Waals surface area contributed by atoms with Crippen molar-refractivity contribution >= 4 is 5.78 Å². The van der Waals surface area contributed by atoms with Crippen LogP contribution in [-0.2, 0) is 4.79 Å². The molecule has 0 aromatic rings. The van der Waals surface area contributed by atoms with E-state index in [0.717, 1.165) is 12.8 Å². The van der Waals surface area contributed by atoms with Crippen molar-refractivity contribution in [2.45, 2.75) is 52.6 Å². The van der Waals surface area contributed by atoms with Crippen LogP contribution in [0.4, 0.5) is 0 Å². The molecule has 17 heavy (non-hydrogen) atoms. The first kappa shape index (κ1) is 11.5. The third-order valence-corrected chi connectivity index (χ3v) is 5.75. The molecule has 0 spiro atoms.